The summed E-state index contributed by atoms with van der Waals surface area (Å²) < 4.78 is 51.6. The summed E-state index contributed by atoms with van der Waals surface area (Å²) in [6.07, 6.45) is -3.44. The van der Waals surface area contributed by atoms with Gasteiger partial charge in [-0.2, -0.15) is 13.2 Å². The number of anilines is 2. The summed E-state index contributed by atoms with van der Waals surface area (Å²) in [5.74, 6) is -2.18. The van der Waals surface area contributed by atoms with E-state index in [1.165, 1.54) is 25.3 Å². The smallest absolute Gasteiger partial charge is 0.319 e. The summed E-state index contributed by atoms with van der Waals surface area (Å²) in [6.45, 7) is 1.24. The van der Waals surface area contributed by atoms with Gasteiger partial charge in [0.05, 0.1) is 11.3 Å². The van der Waals surface area contributed by atoms with Crippen LogP contribution in [0.3, 0.4) is 0 Å². The average molecular weight is 341 g/mol. The second-order valence-corrected chi connectivity index (χ2v) is 4.76. The molecule has 5 nitrogen and oxygen atoms in total. The van der Waals surface area contributed by atoms with Crippen LogP contribution in [0, 0.1) is 5.82 Å². The Morgan fingerprint density at radius 1 is 1.08 bits per heavy atom. The molecule has 1 aromatic heterocycles. The number of rotatable bonds is 3. The van der Waals surface area contributed by atoms with E-state index in [0.717, 1.165) is 0 Å². The van der Waals surface area contributed by atoms with Crippen LogP contribution >= 0.6 is 0 Å². The van der Waals surface area contributed by atoms with Gasteiger partial charge in [-0.1, -0.05) is 0 Å². The SMILES string of the molecule is CC(=O)Nc1cc(C(=O)Nc2cc(C(F)(F)F)ccc2F)ccn1. The van der Waals surface area contributed by atoms with Crippen molar-refractivity contribution in [2.75, 3.05) is 10.6 Å². The first kappa shape index (κ1) is 17.4. The molecular weight excluding hydrogens is 330 g/mol. The van der Waals surface area contributed by atoms with E-state index in [1.807, 2.05) is 0 Å². The zero-order valence-electron chi connectivity index (χ0n) is 12.2. The standard InChI is InChI=1S/C15H11F4N3O2/c1-8(23)21-13-6-9(4-5-20-13)14(24)22-12-7-10(15(17,18)19)2-3-11(12)16/h2-7H,1H3,(H,22,24)(H,20,21,23). The number of benzene rings is 1. The molecule has 0 radical (unpaired) electrons. The topological polar surface area (TPSA) is 71.1 Å². The Labute approximate surface area is 133 Å². The van der Waals surface area contributed by atoms with Crippen molar-refractivity contribution in [2.45, 2.75) is 13.1 Å². The van der Waals surface area contributed by atoms with Crippen LogP contribution in [0.15, 0.2) is 36.5 Å². The summed E-state index contributed by atoms with van der Waals surface area (Å²) in [6, 6.07) is 4.18. The molecule has 1 aromatic carbocycles. The van der Waals surface area contributed by atoms with Gasteiger partial charge < -0.3 is 10.6 Å². The molecule has 0 fully saturated rings. The summed E-state index contributed by atoms with van der Waals surface area (Å²) in [5.41, 5.74) is -1.70. The molecule has 0 unspecified atom stereocenters. The van der Waals surface area contributed by atoms with Gasteiger partial charge in [0.15, 0.2) is 0 Å². The molecule has 2 aromatic rings. The number of amides is 2. The first-order valence-electron chi connectivity index (χ1n) is 6.58. The van der Waals surface area contributed by atoms with Crippen LogP contribution in [0.2, 0.25) is 0 Å². The number of hydrogen-bond donors (Lipinski definition) is 2. The fourth-order valence-electron chi connectivity index (χ4n) is 1.81. The molecule has 0 aliphatic rings. The van der Waals surface area contributed by atoms with Gasteiger partial charge in [-0.25, -0.2) is 9.37 Å². The Morgan fingerprint density at radius 3 is 2.42 bits per heavy atom. The minimum atomic E-state index is -4.66. The van der Waals surface area contributed by atoms with Crippen LogP contribution in [0.5, 0.6) is 0 Å². The van der Waals surface area contributed by atoms with E-state index in [4.69, 9.17) is 0 Å². The molecule has 0 atom stereocenters. The van der Waals surface area contributed by atoms with Crippen molar-refractivity contribution in [3.8, 4) is 0 Å². The van der Waals surface area contributed by atoms with E-state index in [-0.39, 0.29) is 11.4 Å². The summed E-state index contributed by atoms with van der Waals surface area (Å²) in [7, 11) is 0. The van der Waals surface area contributed by atoms with Gasteiger partial charge in [-0.15, -0.1) is 0 Å². The van der Waals surface area contributed by atoms with Gasteiger partial charge in [-0.3, -0.25) is 9.59 Å². The van der Waals surface area contributed by atoms with E-state index in [2.05, 4.69) is 15.6 Å². The lowest BCUT2D eigenvalue weighted by Gasteiger charge is -2.11. The van der Waals surface area contributed by atoms with Crippen molar-refractivity contribution in [2.24, 2.45) is 0 Å². The molecule has 9 heteroatoms. The molecule has 1 heterocycles. The number of aromatic nitrogens is 1. The number of hydrogen-bond acceptors (Lipinski definition) is 3. The number of carbonyl (C=O) groups excluding carboxylic acids is 2. The number of nitrogens with one attached hydrogen (secondary N) is 2. The van der Waals surface area contributed by atoms with E-state index < -0.39 is 35.1 Å². The second kappa shape index (κ2) is 6.65. The molecule has 0 spiro atoms. The quantitative estimate of drug-likeness (QED) is 0.840. The lowest BCUT2D eigenvalue weighted by atomic mass is 10.1. The van der Waals surface area contributed by atoms with Crippen LogP contribution in [0.1, 0.15) is 22.8 Å². The molecule has 126 valence electrons. The molecule has 0 aliphatic carbocycles. The van der Waals surface area contributed by atoms with Gasteiger partial charge >= 0.3 is 6.18 Å². The van der Waals surface area contributed by atoms with Gasteiger partial charge in [0.25, 0.3) is 5.91 Å². The van der Waals surface area contributed by atoms with Crippen molar-refractivity contribution in [3.05, 3.63) is 53.5 Å². The van der Waals surface area contributed by atoms with E-state index in [0.29, 0.717) is 18.2 Å². The predicted octanol–water partition coefficient (Wildman–Crippen LogP) is 3.45. The highest BCUT2D eigenvalue weighted by atomic mass is 19.4. The Bertz CT molecular complexity index is 791. The zero-order valence-corrected chi connectivity index (χ0v) is 12.2. The van der Waals surface area contributed by atoms with Gasteiger partial charge in [-0.05, 0) is 30.3 Å². The number of halogens is 4. The van der Waals surface area contributed by atoms with Crippen molar-refractivity contribution in [1.29, 1.82) is 0 Å². The number of pyridine rings is 1. The van der Waals surface area contributed by atoms with Crippen molar-refractivity contribution in [1.82, 2.24) is 4.98 Å². The minimum Gasteiger partial charge on any atom is -0.319 e. The number of carbonyl (C=O) groups is 2. The summed E-state index contributed by atoms with van der Waals surface area (Å²) >= 11 is 0. The minimum absolute atomic E-state index is 0.00874. The zero-order chi connectivity index (χ0) is 17.9. The van der Waals surface area contributed by atoms with Gasteiger partial charge in [0, 0.05) is 18.7 Å². The maximum Gasteiger partial charge on any atom is 0.416 e. The molecule has 2 rings (SSSR count). The fourth-order valence-corrected chi connectivity index (χ4v) is 1.81. The Kier molecular flexibility index (Phi) is 4.82. The van der Waals surface area contributed by atoms with Gasteiger partial charge in [0.2, 0.25) is 5.91 Å². The largest absolute Gasteiger partial charge is 0.416 e. The molecule has 24 heavy (non-hydrogen) atoms. The van der Waals surface area contributed by atoms with Crippen molar-refractivity contribution < 1.29 is 27.2 Å². The fraction of sp³-hybridized carbons (Fsp3) is 0.133. The molecule has 0 aliphatic heterocycles. The van der Waals surface area contributed by atoms with Crippen LogP contribution in [-0.2, 0) is 11.0 Å². The van der Waals surface area contributed by atoms with E-state index in [1.54, 1.807) is 0 Å². The molecule has 2 amide bonds. The number of nitrogens with zero attached hydrogens (tertiary/aromatic N) is 1. The lowest BCUT2D eigenvalue weighted by Crippen LogP contribution is -2.15. The first-order valence-corrected chi connectivity index (χ1v) is 6.58. The molecular formula is C15H11F4N3O2. The third kappa shape index (κ3) is 4.28. The highest BCUT2D eigenvalue weighted by Gasteiger charge is 2.31. The number of alkyl halides is 3. The van der Waals surface area contributed by atoms with Crippen LogP contribution in [0.25, 0.3) is 0 Å². The Hall–Kier alpha value is -2.97. The molecule has 0 bridgehead atoms. The van der Waals surface area contributed by atoms with Crippen LogP contribution in [-0.4, -0.2) is 16.8 Å². The lowest BCUT2D eigenvalue weighted by molar-refractivity contribution is -0.137. The van der Waals surface area contributed by atoms with Crippen LogP contribution in [0.4, 0.5) is 29.1 Å². The average Bonchev–Trinajstić information content (AvgIpc) is 2.48. The van der Waals surface area contributed by atoms with Crippen molar-refractivity contribution >= 4 is 23.3 Å². The summed E-state index contributed by atoms with van der Waals surface area (Å²) in [5, 5.41) is 4.42. The monoisotopic (exact) mass is 341 g/mol. The first-order chi connectivity index (χ1) is 11.2. The third-order valence-electron chi connectivity index (χ3n) is 2.87. The molecule has 0 saturated carbocycles. The Balaban J connectivity index is 2.25. The maximum absolute atomic E-state index is 13.6. The van der Waals surface area contributed by atoms with Gasteiger partial charge in [0.1, 0.15) is 11.6 Å². The van der Waals surface area contributed by atoms with E-state index >= 15 is 0 Å². The van der Waals surface area contributed by atoms with Crippen LogP contribution < -0.4 is 10.6 Å². The third-order valence-corrected chi connectivity index (χ3v) is 2.87. The summed E-state index contributed by atoms with van der Waals surface area (Å²) in [4.78, 5) is 26.8. The predicted molar refractivity (Wildman–Crippen MR) is 77.9 cm³/mol. The molecule has 0 saturated heterocycles. The van der Waals surface area contributed by atoms with Crippen molar-refractivity contribution in [3.63, 3.8) is 0 Å². The Morgan fingerprint density at radius 2 is 1.79 bits per heavy atom. The second-order valence-electron chi connectivity index (χ2n) is 4.76. The normalized spacial score (nSPS) is 11.0. The highest BCUT2D eigenvalue weighted by Crippen LogP contribution is 2.31. The maximum atomic E-state index is 13.6. The molecule has 2 N–H and O–H groups in total. The van der Waals surface area contributed by atoms with E-state index in [9.17, 15) is 27.2 Å². The highest BCUT2D eigenvalue weighted by molar-refractivity contribution is 6.05.